The van der Waals surface area contributed by atoms with Crippen LogP contribution in [0.5, 0.6) is 0 Å². The maximum absolute atomic E-state index is 12.8. The number of hydrogen-bond donors (Lipinski definition) is 1. The van der Waals surface area contributed by atoms with Crippen LogP contribution in [0.2, 0.25) is 0 Å². The van der Waals surface area contributed by atoms with Gasteiger partial charge in [-0.1, -0.05) is 24.3 Å². The Bertz CT molecular complexity index is 774. The van der Waals surface area contributed by atoms with Gasteiger partial charge in [-0.05, 0) is 43.2 Å². The van der Waals surface area contributed by atoms with Gasteiger partial charge in [-0.2, -0.15) is 0 Å². The van der Waals surface area contributed by atoms with Crippen LogP contribution in [0.3, 0.4) is 0 Å². The molecule has 1 saturated heterocycles. The van der Waals surface area contributed by atoms with Gasteiger partial charge in [0.1, 0.15) is 0 Å². The van der Waals surface area contributed by atoms with Crippen LogP contribution in [0.4, 0.5) is 5.69 Å². The summed E-state index contributed by atoms with van der Waals surface area (Å²) >= 11 is 0. The Morgan fingerprint density at radius 2 is 1.52 bits per heavy atom. The lowest BCUT2D eigenvalue weighted by atomic mass is 10.1. The first-order valence-electron chi connectivity index (χ1n) is 8.56. The van der Waals surface area contributed by atoms with Crippen molar-refractivity contribution in [3.63, 3.8) is 0 Å². The van der Waals surface area contributed by atoms with Crippen molar-refractivity contribution in [2.75, 3.05) is 31.9 Å². The highest BCUT2D eigenvalue weighted by molar-refractivity contribution is 5.97. The molecule has 25 heavy (non-hydrogen) atoms. The van der Waals surface area contributed by atoms with Gasteiger partial charge in [0.15, 0.2) is 0 Å². The van der Waals surface area contributed by atoms with Crippen molar-refractivity contribution in [2.24, 2.45) is 0 Å². The van der Waals surface area contributed by atoms with Crippen molar-refractivity contribution < 1.29 is 9.59 Å². The maximum atomic E-state index is 12.8. The standard InChI is InChI=1S/C20H23N3O2/c1-15-8-9-17(21)14-18(15)20(25)23-11-5-10-22(12-13-23)19(24)16-6-3-2-4-7-16/h2-4,6-9,14H,5,10-13,21H2,1H3. The van der Waals surface area contributed by atoms with E-state index in [-0.39, 0.29) is 11.8 Å². The Labute approximate surface area is 148 Å². The van der Waals surface area contributed by atoms with Gasteiger partial charge in [-0.25, -0.2) is 0 Å². The molecule has 130 valence electrons. The highest BCUT2D eigenvalue weighted by Gasteiger charge is 2.24. The van der Waals surface area contributed by atoms with Gasteiger partial charge in [0.25, 0.3) is 11.8 Å². The van der Waals surface area contributed by atoms with Crippen LogP contribution in [-0.2, 0) is 0 Å². The zero-order valence-electron chi connectivity index (χ0n) is 14.4. The SMILES string of the molecule is Cc1ccc(N)cc1C(=O)N1CCCN(C(=O)c2ccccc2)CC1. The van der Waals surface area contributed by atoms with E-state index >= 15 is 0 Å². The van der Waals surface area contributed by atoms with Crippen LogP contribution >= 0.6 is 0 Å². The number of hydrogen-bond acceptors (Lipinski definition) is 3. The van der Waals surface area contributed by atoms with E-state index in [0.29, 0.717) is 43.0 Å². The van der Waals surface area contributed by atoms with E-state index in [2.05, 4.69) is 0 Å². The van der Waals surface area contributed by atoms with Gasteiger partial charge in [0.2, 0.25) is 0 Å². The number of amides is 2. The predicted octanol–water partition coefficient (Wildman–Crippen LogP) is 2.57. The molecule has 2 amide bonds. The average Bonchev–Trinajstić information content (AvgIpc) is 2.89. The number of nitrogen functional groups attached to an aromatic ring is 1. The quantitative estimate of drug-likeness (QED) is 0.857. The molecule has 0 unspecified atom stereocenters. The minimum Gasteiger partial charge on any atom is -0.399 e. The van der Waals surface area contributed by atoms with Gasteiger partial charge >= 0.3 is 0 Å². The molecule has 1 heterocycles. The molecule has 3 rings (SSSR count). The molecule has 0 bridgehead atoms. The number of rotatable bonds is 2. The van der Waals surface area contributed by atoms with E-state index < -0.39 is 0 Å². The topological polar surface area (TPSA) is 66.6 Å². The van der Waals surface area contributed by atoms with Crippen molar-refractivity contribution in [1.29, 1.82) is 0 Å². The van der Waals surface area contributed by atoms with Crippen LogP contribution in [0.25, 0.3) is 0 Å². The molecule has 0 radical (unpaired) electrons. The summed E-state index contributed by atoms with van der Waals surface area (Å²) in [5.74, 6) is 0.00819. The Balaban J connectivity index is 1.70. The predicted molar refractivity (Wildman–Crippen MR) is 98.5 cm³/mol. The van der Waals surface area contributed by atoms with Crippen molar-refractivity contribution in [3.8, 4) is 0 Å². The molecular formula is C20H23N3O2. The van der Waals surface area contributed by atoms with Gasteiger partial charge in [-0.3, -0.25) is 9.59 Å². The second-order valence-electron chi connectivity index (χ2n) is 6.38. The van der Waals surface area contributed by atoms with E-state index in [9.17, 15) is 9.59 Å². The summed E-state index contributed by atoms with van der Waals surface area (Å²) in [6, 6.07) is 14.7. The fourth-order valence-corrected chi connectivity index (χ4v) is 3.13. The van der Waals surface area contributed by atoms with Crippen LogP contribution < -0.4 is 5.73 Å². The molecule has 1 aliphatic rings. The second-order valence-corrected chi connectivity index (χ2v) is 6.38. The molecule has 0 aromatic heterocycles. The Morgan fingerprint density at radius 3 is 2.20 bits per heavy atom. The van der Waals surface area contributed by atoms with E-state index in [1.165, 1.54) is 0 Å². The summed E-state index contributed by atoms with van der Waals surface area (Å²) in [5.41, 5.74) is 8.66. The Kier molecular flexibility index (Phi) is 5.03. The average molecular weight is 337 g/mol. The smallest absolute Gasteiger partial charge is 0.254 e. The molecule has 2 aromatic carbocycles. The van der Waals surface area contributed by atoms with Gasteiger partial charge in [0, 0.05) is 43.0 Å². The van der Waals surface area contributed by atoms with E-state index in [4.69, 9.17) is 5.73 Å². The molecule has 2 aromatic rings. The van der Waals surface area contributed by atoms with E-state index in [1.807, 2.05) is 53.1 Å². The molecule has 1 aliphatic heterocycles. The highest BCUT2D eigenvalue weighted by atomic mass is 16.2. The lowest BCUT2D eigenvalue weighted by Gasteiger charge is -2.23. The molecule has 0 spiro atoms. The number of aryl methyl sites for hydroxylation is 1. The first kappa shape index (κ1) is 17.0. The van der Waals surface area contributed by atoms with Crippen LogP contribution in [0, 0.1) is 6.92 Å². The number of carbonyl (C=O) groups excluding carboxylic acids is 2. The Hall–Kier alpha value is -2.82. The van der Waals surface area contributed by atoms with Crippen LogP contribution in [0.15, 0.2) is 48.5 Å². The summed E-state index contributed by atoms with van der Waals surface area (Å²) < 4.78 is 0. The van der Waals surface area contributed by atoms with Crippen molar-refractivity contribution in [2.45, 2.75) is 13.3 Å². The minimum atomic E-state index is -0.0150. The molecule has 5 nitrogen and oxygen atoms in total. The summed E-state index contributed by atoms with van der Waals surface area (Å²) in [6.07, 6.45) is 0.770. The summed E-state index contributed by atoms with van der Waals surface area (Å²) in [6.45, 7) is 4.29. The fraction of sp³-hybridized carbons (Fsp3) is 0.300. The summed E-state index contributed by atoms with van der Waals surface area (Å²) in [5, 5.41) is 0. The number of nitrogens with two attached hydrogens (primary N) is 1. The zero-order chi connectivity index (χ0) is 17.8. The van der Waals surface area contributed by atoms with Gasteiger partial charge in [0.05, 0.1) is 0 Å². The van der Waals surface area contributed by atoms with Crippen molar-refractivity contribution >= 4 is 17.5 Å². The van der Waals surface area contributed by atoms with Crippen molar-refractivity contribution in [1.82, 2.24) is 9.80 Å². The number of carbonyl (C=O) groups is 2. The molecular weight excluding hydrogens is 314 g/mol. The summed E-state index contributed by atoms with van der Waals surface area (Å²) in [7, 11) is 0. The molecule has 0 saturated carbocycles. The molecule has 2 N–H and O–H groups in total. The number of benzene rings is 2. The fourth-order valence-electron chi connectivity index (χ4n) is 3.13. The largest absolute Gasteiger partial charge is 0.399 e. The maximum Gasteiger partial charge on any atom is 0.254 e. The lowest BCUT2D eigenvalue weighted by molar-refractivity contribution is 0.0718. The molecule has 5 heteroatoms. The van der Waals surface area contributed by atoms with Crippen LogP contribution in [0.1, 0.15) is 32.7 Å². The number of nitrogens with zero attached hydrogens (tertiary/aromatic N) is 2. The van der Waals surface area contributed by atoms with Gasteiger partial charge in [-0.15, -0.1) is 0 Å². The third-order valence-corrected chi connectivity index (χ3v) is 4.58. The zero-order valence-corrected chi connectivity index (χ0v) is 14.4. The highest BCUT2D eigenvalue weighted by Crippen LogP contribution is 2.17. The lowest BCUT2D eigenvalue weighted by Crippen LogP contribution is -2.37. The van der Waals surface area contributed by atoms with Crippen molar-refractivity contribution in [3.05, 3.63) is 65.2 Å². The van der Waals surface area contributed by atoms with E-state index in [0.717, 1.165) is 12.0 Å². The van der Waals surface area contributed by atoms with E-state index in [1.54, 1.807) is 12.1 Å². The first-order valence-corrected chi connectivity index (χ1v) is 8.56. The normalized spacial score (nSPS) is 14.9. The first-order chi connectivity index (χ1) is 12.1. The van der Waals surface area contributed by atoms with Crippen LogP contribution in [-0.4, -0.2) is 47.8 Å². The summed E-state index contributed by atoms with van der Waals surface area (Å²) in [4.78, 5) is 29.1. The number of anilines is 1. The van der Waals surface area contributed by atoms with Gasteiger partial charge < -0.3 is 15.5 Å². The molecule has 0 aliphatic carbocycles. The third kappa shape index (κ3) is 3.82. The molecule has 1 fully saturated rings. The molecule has 0 atom stereocenters. The third-order valence-electron chi connectivity index (χ3n) is 4.58. The second kappa shape index (κ2) is 7.38. The Morgan fingerprint density at radius 1 is 0.880 bits per heavy atom. The minimum absolute atomic E-state index is 0.0150. The monoisotopic (exact) mass is 337 g/mol.